The summed E-state index contributed by atoms with van der Waals surface area (Å²) in [7, 11) is 0. The summed E-state index contributed by atoms with van der Waals surface area (Å²) in [6.07, 6.45) is 3.15. The van der Waals surface area contributed by atoms with Gasteiger partial charge in [0.1, 0.15) is 22.9 Å². The minimum absolute atomic E-state index is 0.306. The van der Waals surface area contributed by atoms with Gasteiger partial charge in [-0.3, -0.25) is 4.98 Å². The third-order valence-corrected chi connectivity index (χ3v) is 4.84. The van der Waals surface area contributed by atoms with Gasteiger partial charge in [-0.05, 0) is 24.3 Å². The zero-order valence-corrected chi connectivity index (χ0v) is 14.4. The highest BCUT2D eigenvalue weighted by atomic mass is 32.2. The molecule has 0 amide bonds. The molecule has 2 heterocycles. The third kappa shape index (κ3) is 3.16. The maximum atomic E-state index is 13.9. The second-order valence-corrected chi connectivity index (χ2v) is 6.51. The molecule has 0 unspecified atom stereocenters. The topological polar surface area (TPSA) is 76.7 Å². The van der Waals surface area contributed by atoms with Gasteiger partial charge in [-0.1, -0.05) is 42.1 Å². The Kier molecular flexibility index (Phi) is 4.37. The molecule has 0 saturated carbocycles. The van der Waals surface area contributed by atoms with Gasteiger partial charge in [-0.15, -0.1) is 0 Å². The summed E-state index contributed by atoms with van der Waals surface area (Å²) in [6.45, 7) is 0. The lowest BCUT2D eigenvalue weighted by molar-refractivity contribution is 0.632. The fourth-order valence-electron chi connectivity index (χ4n) is 2.51. The number of pyridine rings is 1. The molecule has 0 aliphatic carbocycles. The Morgan fingerprint density at radius 2 is 1.77 bits per heavy atom. The second-order valence-electron chi connectivity index (χ2n) is 5.48. The molecule has 26 heavy (non-hydrogen) atoms. The van der Waals surface area contributed by atoms with E-state index in [9.17, 15) is 4.39 Å². The number of anilines is 3. The van der Waals surface area contributed by atoms with Gasteiger partial charge in [0.15, 0.2) is 5.82 Å². The minimum Gasteiger partial charge on any atom is -0.394 e. The Morgan fingerprint density at radius 1 is 0.923 bits per heavy atom. The van der Waals surface area contributed by atoms with Gasteiger partial charge in [0, 0.05) is 16.5 Å². The van der Waals surface area contributed by atoms with E-state index in [0.29, 0.717) is 22.2 Å². The first-order valence-electron chi connectivity index (χ1n) is 7.86. The summed E-state index contributed by atoms with van der Waals surface area (Å²) >= 11 is 1.40. The molecule has 3 N–H and O–H groups in total. The number of nitrogen functional groups attached to an aromatic ring is 1. The van der Waals surface area contributed by atoms with Crippen molar-refractivity contribution in [3.8, 4) is 0 Å². The highest BCUT2D eigenvalue weighted by Gasteiger charge is 2.13. The molecule has 0 aliphatic heterocycles. The van der Waals surface area contributed by atoms with E-state index in [-0.39, 0.29) is 5.82 Å². The van der Waals surface area contributed by atoms with Crippen molar-refractivity contribution in [1.82, 2.24) is 15.0 Å². The number of benzene rings is 2. The number of hydrogen-bond donors (Lipinski definition) is 2. The van der Waals surface area contributed by atoms with Crippen LogP contribution in [0.25, 0.3) is 10.9 Å². The van der Waals surface area contributed by atoms with Crippen molar-refractivity contribution in [3.63, 3.8) is 0 Å². The monoisotopic (exact) mass is 363 g/mol. The molecule has 128 valence electrons. The molecule has 0 aliphatic rings. The number of nitrogens with one attached hydrogen (secondary N) is 1. The van der Waals surface area contributed by atoms with Gasteiger partial charge in [-0.2, -0.15) is 0 Å². The highest BCUT2D eigenvalue weighted by Crippen LogP contribution is 2.36. The van der Waals surface area contributed by atoms with E-state index in [1.807, 2.05) is 30.3 Å². The molecule has 4 aromatic rings. The van der Waals surface area contributed by atoms with Crippen LogP contribution in [0.4, 0.5) is 21.6 Å². The number of fused-ring (bicyclic) bond motifs is 1. The summed E-state index contributed by atoms with van der Waals surface area (Å²) in [6, 6.07) is 16.2. The lowest BCUT2D eigenvalue weighted by Crippen LogP contribution is -2.03. The summed E-state index contributed by atoms with van der Waals surface area (Å²) in [5.41, 5.74) is 7.76. The van der Waals surface area contributed by atoms with E-state index in [0.717, 1.165) is 15.8 Å². The zero-order valence-electron chi connectivity index (χ0n) is 13.6. The average molecular weight is 363 g/mol. The molecule has 0 atom stereocenters. The van der Waals surface area contributed by atoms with E-state index in [1.165, 1.54) is 24.2 Å². The van der Waals surface area contributed by atoms with Gasteiger partial charge >= 0.3 is 0 Å². The first-order chi connectivity index (χ1) is 12.7. The predicted octanol–water partition coefficient (Wildman–Crippen LogP) is 4.64. The van der Waals surface area contributed by atoms with Crippen LogP contribution in [0.1, 0.15) is 0 Å². The molecule has 0 fully saturated rings. The van der Waals surface area contributed by atoms with Crippen LogP contribution in [0.3, 0.4) is 0 Å². The maximum absolute atomic E-state index is 13.9. The molecule has 2 aromatic heterocycles. The van der Waals surface area contributed by atoms with Crippen LogP contribution >= 0.6 is 11.8 Å². The summed E-state index contributed by atoms with van der Waals surface area (Å²) < 4.78 is 13.9. The Bertz CT molecular complexity index is 1080. The molecule has 0 spiro atoms. The maximum Gasteiger partial charge on any atom is 0.158 e. The fourth-order valence-corrected chi connectivity index (χ4v) is 3.44. The number of aromatic nitrogens is 3. The van der Waals surface area contributed by atoms with Crippen LogP contribution in [-0.2, 0) is 0 Å². The van der Waals surface area contributed by atoms with Gasteiger partial charge in [0.2, 0.25) is 0 Å². The summed E-state index contributed by atoms with van der Waals surface area (Å²) in [5, 5.41) is 4.54. The number of para-hydroxylation sites is 2. The Balaban J connectivity index is 1.69. The number of nitrogens with two attached hydrogens (primary N) is 1. The first kappa shape index (κ1) is 16.3. The van der Waals surface area contributed by atoms with Crippen LogP contribution in [0.5, 0.6) is 0 Å². The number of rotatable bonds is 4. The van der Waals surface area contributed by atoms with E-state index in [2.05, 4.69) is 20.3 Å². The third-order valence-electron chi connectivity index (χ3n) is 3.78. The van der Waals surface area contributed by atoms with Crippen molar-refractivity contribution >= 4 is 39.9 Å². The predicted molar refractivity (Wildman–Crippen MR) is 102 cm³/mol. The van der Waals surface area contributed by atoms with Gasteiger partial charge in [-0.25, -0.2) is 14.4 Å². The van der Waals surface area contributed by atoms with E-state index in [1.54, 1.807) is 24.4 Å². The van der Waals surface area contributed by atoms with Crippen molar-refractivity contribution in [2.24, 2.45) is 0 Å². The molecule has 0 radical (unpaired) electrons. The van der Waals surface area contributed by atoms with Crippen LogP contribution < -0.4 is 11.1 Å². The Morgan fingerprint density at radius 3 is 2.65 bits per heavy atom. The van der Waals surface area contributed by atoms with Crippen LogP contribution in [0, 0.1) is 5.82 Å². The minimum atomic E-state index is -0.377. The van der Waals surface area contributed by atoms with Gasteiger partial charge < -0.3 is 11.1 Å². The normalized spacial score (nSPS) is 10.8. The quantitative estimate of drug-likeness (QED) is 0.514. The summed E-state index contributed by atoms with van der Waals surface area (Å²) in [4.78, 5) is 13.8. The molecular weight excluding hydrogens is 349 g/mol. The number of hydrogen-bond acceptors (Lipinski definition) is 6. The number of nitrogens with zero attached hydrogens (tertiary/aromatic N) is 3. The SMILES string of the molecule is Nc1c(Nc2ccccc2F)ncnc1Sc1cccc2cccnc12. The molecule has 7 heteroatoms. The smallest absolute Gasteiger partial charge is 0.158 e. The molecule has 2 aromatic carbocycles. The van der Waals surface area contributed by atoms with Crippen LogP contribution in [0.2, 0.25) is 0 Å². The fraction of sp³-hybridized carbons (Fsp3) is 0. The zero-order chi connectivity index (χ0) is 17.9. The largest absolute Gasteiger partial charge is 0.394 e. The van der Waals surface area contributed by atoms with Gasteiger partial charge in [0.05, 0.1) is 11.2 Å². The van der Waals surface area contributed by atoms with Crippen molar-refractivity contribution in [2.45, 2.75) is 9.92 Å². The van der Waals surface area contributed by atoms with Crippen molar-refractivity contribution in [3.05, 3.63) is 72.9 Å². The molecule has 0 saturated heterocycles. The first-order valence-corrected chi connectivity index (χ1v) is 8.67. The average Bonchev–Trinajstić information content (AvgIpc) is 2.67. The van der Waals surface area contributed by atoms with Gasteiger partial charge in [0.25, 0.3) is 0 Å². The van der Waals surface area contributed by atoms with Crippen LogP contribution in [0.15, 0.2) is 77.0 Å². The molecule has 4 rings (SSSR count). The number of halogens is 1. The van der Waals surface area contributed by atoms with Crippen molar-refractivity contribution in [1.29, 1.82) is 0 Å². The van der Waals surface area contributed by atoms with E-state index in [4.69, 9.17) is 5.73 Å². The summed E-state index contributed by atoms with van der Waals surface area (Å²) in [5.74, 6) is -0.0150. The Labute approximate surface area is 153 Å². The van der Waals surface area contributed by atoms with Crippen LogP contribution in [-0.4, -0.2) is 15.0 Å². The second kappa shape index (κ2) is 6.97. The lowest BCUT2D eigenvalue weighted by atomic mass is 10.2. The van der Waals surface area contributed by atoms with E-state index >= 15 is 0 Å². The van der Waals surface area contributed by atoms with Crippen molar-refractivity contribution in [2.75, 3.05) is 11.1 Å². The van der Waals surface area contributed by atoms with Crippen molar-refractivity contribution < 1.29 is 4.39 Å². The lowest BCUT2D eigenvalue weighted by Gasteiger charge is -2.12. The standard InChI is InChI=1S/C19H14FN5S/c20-13-7-1-2-8-14(13)25-18-16(21)19(24-11-23-18)26-15-9-3-5-12-6-4-10-22-17(12)15/h1-11H,21H2,(H,23,24,25). The Hall–Kier alpha value is -3.19. The molecule has 0 bridgehead atoms. The molecular formula is C19H14FN5S. The highest BCUT2D eigenvalue weighted by molar-refractivity contribution is 7.99. The molecule has 5 nitrogen and oxygen atoms in total. The van der Waals surface area contributed by atoms with E-state index < -0.39 is 0 Å².